The number of rotatable bonds is 8. The molecule has 0 saturated carbocycles. The van der Waals surface area contributed by atoms with Gasteiger partial charge < -0.3 is 10.1 Å². The van der Waals surface area contributed by atoms with Crippen LogP contribution in [0.15, 0.2) is 77.7 Å². The Hall–Kier alpha value is -4.05. The molecule has 0 aromatic heterocycles. The van der Waals surface area contributed by atoms with Gasteiger partial charge in [0.15, 0.2) is 12.4 Å². The molecule has 0 aliphatic carbocycles. The number of benzene rings is 3. The first kappa shape index (κ1) is 23.6. The van der Waals surface area contributed by atoms with E-state index in [1.807, 2.05) is 0 Å². The van der Waals surface area contributed by atoms with Gasteiger partial charge in [-0.3, -0.25) is 14.3 Å². The van der Waals surface area contributed by atoms with Crippen LogP contribution in [-0.2, 0) is 19.6 Å². The average molecular weight is 470 g/mol. The second kappa shape index (κ2) is 10.0. The van der Waals surface area contributed by atoms with E-state index in [-0.39, 0.29) is 21.9 Å². The minimum atomic E-state index is -4.05. The Bertz CT molecular complexity index is 1290. The van der Waals surface area contributed by atoms with Gasteiger partial charge in [0.05, 0.1) is 10.5 Å². The normalized spacial score (nSPS) is 10.8. The van der Waals surface area contributed by atoms with Gasteiger partial charge in [0.1, 0.15) is 5.82 Å². The summed E-state index contributed by atoms with van der Waals surface area (Å²) in [5.74, 6) is -2.13. The van der Waals surface area contributed by atoms with E-state index in [1.54, 1.807) is 24.3 Å². The number of ether oxygens (including phenoxy) is 1. The SMILES string of the molecule is CC(=O)c1ccc(NC(=O)COC(=O)c2cccc(S(=O)(=O)Nc3ccc(F)cc3)c2)cc1. The number of hydrogen-bond donors (Lipinski definition) is 2. The zero-order chi connectivity index (χ0) is 24.0. The zero-order valence-corrected chi connectivity index (χ0v) is 18.2. The monoisotopic (exact) mass is 470 g/mol. The molecular formula is C23H19FN2O6S. The van der Waals surface area contributed by atoms with E-state index < -0.39 is 34.3 Å². The Kier molecular flexibility index (Phi) is 7.19. The molecule has 8 nitrogen and oxygen atoms in total. The number of nitrogens with one attached hydrogen (secondary N) is 2. The summed E-state index contributed by atoms with van der Waals surface area (Å²) in [4.78, 5) is 35.4. The highest BCUT2D eigenvalue weighted by molar-refractivity contribution is 7.92. The van der Waals surface area contributed by atoms with E-state index in [4.69, 9.17) is 4.74 Å². The van der Waals surface area contributed by atoms with E-state index in [0.717, 1.165) is 18.2 Å². The van der Waals surface area contributed by atoms with Gasteiger partial charge in [-0.25, -0.2) is 17.6 Å². The van der Waals surface area contributed by atoms with Crippen molar-refractivity contribution in [2.75, 3.05) is 16.6 Å². The molecule has 3 aromatic rings. The van der Waals surface area contributed by atoms with Gasteiger partial charge in [0.2, 0.25) is 0 Å². The third-order valence-corrected chi connectivity index (χ3v) is 5.76. The van der Waals surface area contributed by atoms with Gasteiger partial charge in [-0.05, 0) is 73.7 Å². The van der Waals surface area contributed by atoms with Crippen molar-refractivity contribution in [1.82, 2.24) is 0 Å². The Morgan fingerprint density at radius 2 is 1.52 bits per heavy atom. The molecule has 33 heavy (non-hydrogen) atoms. The van der Waals surface area contributed by atoms with Crippen LogP contribution in [0.4, 0.5) is 15.8 Å². The number of carbonyl (C=O) groups excluding carboxylic acids is 3. The summed E-state index contributed by atoms with van der Waals surface area (Å²) in [6.07, 6.45) is 0. The number of sulfonamides is 1. The first-order valence-electron chi connectivity index (χ1n) is 9.60. The van der Waals surface area contributed by atoms with Crippen LogP contribution in [0, 0.1) is 5.82 Å². The van der Waals surface area contributed by atoms with E-state index >= 15 is 0 Å². The lowest BCUT2D eigenvalue weighted by Gasteiger charge is -2.10. The van der Waals surface area contributed by atoms with Crippen LogP contribution >= 0.6 is 0 Å². The van der Waals surface area contributed by atoms with Crippen molar-refractivity contribution < 1.29 is 31.9 Å². The number of esters is 1. The molecule has 0 radical (unpaired) electrons. The number of hydrogen-bond acceptors (Lipinski definition) is 6. The molecular weight excluding hydrogens is 451 g/mol. The van der Waals surface area contributed by atoms with Gasteiger partial charge in [0, 0.05) is 16.9 Å². The van der Waals surface area contributed by atoms with Crippen molar-refractivity contribution in [3.05, 3.63) is 89.7 Å². The number of carbonyl (C=O) groups is 3. The Labute approximate surface area is 189 Å². The lowest BCUT2D eigenvalue weighted by atomic mass is 10.1. The molecule has 0 atom stereocenters. The molecule has 3 rings (SSSR count). The molecule has 0 bridgehead atoms. The molecule has 0 spiro atoms. The highest BCUT2D eigenvalue weighted by Gasteiger charge is 2.18. The van der Waals surface area contributed by atoms with Crippen molar-refractivity contribution in [2.45, 2.75) is 11.8 Å². The number of halogens is 1. The Morgan fingerprint density at radius 1 is 0.879 bits per heavy atom. The van der Waals surface area contributed by atoms with Crippen molar-refractivity contribution in [1.29, 1.82) is 0 Å². The summed E-state index contributed by atoms with van der Waals surface area (Å²) in [7, 11) is -4.05. The largest absolute Gasteiger partial charge is 0.452 e. The summed E-state index contributed by atoms with van der Waals surface area (Å²) in [5, 5.41) is 2.52. The van der Waals surface area contributed by atoms with Crippen molar-refractivity contribution in [2.24, 2.45) is 0 Å². The van der Waals surface area contributed by atoms with E-state index in [2.05, 4.69) is 10.0 Å². The van der Waals surface area contributed by atoms with E-state index in [0.29, 0.717) is 11.3 Å². The highest BCUT2D eigenvalue weighted by Crippen LogP contribution is 2.18. The van der Waals surface area contributed by atoms with Crippen LogP contribution in [0.25, 0.3) is 0 Å². The minimum Gasteiger partial charge on any atom is -0.452 e. The van der Waals surface area contributed by atoms with Crippen molar-refractivity contribution in [3.8, 4) is 0 Å². The molecule has 10 heteroatoms. The molecule has 2 N–H and O–H groups in total. The predicted octanol–water partition coefficient (Wildman–Crippen LogP) is 3.62. The van der Waals surface area contributed by atoms with E-state index in [1.165, 1.54) is 37.3 Å². The smallest absolute Gasteiger partial charge is 0.338 e. The maximum absolute atomic E-state index is 13.0. The lowest BCUT2D eigenvalue weighted by Crippen LogP contribution is -2.21. The fraction of sp³-hybridized carbons (Fsp3) is 0.0870. The van der Waals surface area contributed by atoms with Gasteiger partial charge in [0.25, 0.3) is 15.9 Å². The molecule has 0 fully saturated rings. The third kappa shape index (κ3) is 6.47. The molecule has 0 saturated heterocycles. The Morgan fingerprint density at radius 3 is 2.15 bits per heavy atom. The van der Waals surface area contributed by atoms with Crippen LogP contribution in [0.2, 0.25) is 0 Å². The number of amides is 1. The van der Waals surface area contributed by atoms with E-state index in [9.17, 15) is 27.2 Å². The molecule has 3 aromatic carbocycles. The van der Waals surface area contributed by atoms with Gasteiger partial charge >= 0.3 is 5.97 Å². The molecule has 0 unspecified atom stereocenters. The minimum absolute atomic E-state index is 0.0735. The summed E-state index contributed by atoms with van der Waals surface area (Å²) in [5.41, 5.74) is 0.983. The zero-order valence-electron chi connectivity index (χ0n) is 17.4. The average Bonchev–Trinajstić information content (AvgIpc) is 2.79. The van der Waals surface area contributed by atoms with Crippen LogP contribution in [0.5, 0.6) is 0 Å². The molecule has 1 amide bonds. The third-order valence-electron chi connectivity index (χ3n) is 4.39. The number of anilines is 2. The fourth-order valence-corrected chi connectivity index (χ4v) is 3.83. The summed E-state index contributed by atoms with van der Waals surface area (Å²) >= 11 is 0. The van der Waals surface area contributed by atoms with Gasteiger partial charge in [-0.2, -0.15) is 0 Å². The maximum Gasteiger partial charge on any atom is 0.338 e. The van der Waals surface area contributed by atoms with Gasteiger partial charge in [-0.15, -0.1) is 0 Å². The summed E-state index contributed by atoms with van der Waals surface area (Å²) in [6.45, 7) is 0.824. The van der Waals surface area contributed by atoms with Crippen LogP contribution in [0.3, 0.4) is 0 Å². The quantitative estimate of drug-likeness (QED) is 0.383. The maximum atomic E-state index is 13.0. The molecule has 0 heterocycles. The first-order chi connectivity index (χ1) is 15.6. The Balaban J connectivity index is 1.61. The van der Waals surface area contributed by atoms with Crippen LogP contribution in [0.1, 0.15) is 27.6 Å². The van der Waals surface area contributed by atoms with Crippen molar-refractivity contribution in [3.63, 3.8) is 0 Å². The second-order valence-corrected chi connectivity index (χ2v) is 8.58. The molecule has 0 aliphatic heterocycles. The van der Waals surface area contributed by atoms with Crippen LogP contribution < -0.4 is 10.0 Å². The van der Waals surface area contributed by atoms with Crippen molar-refractivity contribution >= 4 is 39.1 Å². The second-order valence-electron chi connectivity index (χ2n) is 6.90. The lowest BCUT2D eigenvalue weighted by molar-refractivity contribution is -0.119. The summed E-state index contributed by atoms with van der Waals surface area (Å²) < 4.78 is 45.4. The molecule has 0 aliphatic rings. The molecule has 170 valence electrons. The van der Waals surface area contributed by atoms with Gasteiger partial charge in [-0.1, -0.05) is 6.07 Å². The first-order valence-corrected chi connectivity index (χ1v) is 11.1. The number of Topliss-reactive ketones (excluding diaryl/α,β-unsaturated/α-hetero) is 1. The van der Waals surface area contributed by atoms with Crippen LogP contribution in [-0.4, -0.2) is 32.7 Å². The standard InChI is InChI=1S/C23H19FN2O6S/c1-15(27)16-5-9-19(10-6-16)25-22(28)14-32-23(29)17-3-2-4-21(13-17)33(30,31)26-20-11-7-18(24)8-12-20/h2-13,26H,14H2,1H3,(H,25,28). The predicted molar refractivity (Wildman–Crippen MR) is 119 cm³/mol. The summed E-state index contributed by atoms with van der Waals surface area (Å²) in [6, 6.07) is 16.0. The highest BCUT2D eigenvalue weighted by atomic mass is 32.2. The fourth-order valence-electron chi connectivity index (χ4n) is 2.72. The number of ketones is 1. The topological polar surface area (TPSA) is 119 Å².